The number of esters is 1. The molecular formula is C22H27NO5. The van der Waals surface area contributed by atoms with E-state index in [1.165, 1.54) is 19.8 Å². The van der Waals surface area contributed by atoms with Crippen LogP contribution in [0.5, 0.6) is 11.5 Å². The zero-order valence-corrected chi connectivity index (χ0v) is 16.7. The molecule has 0 aromatic heterocycles. The van der Waals surface area contributed by atoms with Gasteiger partial charge in [0.1, 0.15) is 17.1 Å². The Hall–Kier alpha value is -3.02. The highest BCUT2D eigenvalue weighted by atomic mass is 16.5. The Morgan fingerprint density at radius 3 is 2.36 bits per heavy atom. The molecule has 6 heteroatoms. The Balaban J connectivity index is 1.88. The van der Waals surface area contributed by atoms with E-state index in [9.17, 15) is 9.59 Å². The number of hydrogen-bond donors (Lipinski definition) is 1. The predicted octanol–water partition coefficient (Wildman–Crippen LogP) is 3.39. The fraction of sp³-hybridized carbons (Fsp3) is 0.364. The summed E-state index contributed by atoms with van der Waals surface area (Å²) in [6.45, 7) is 3.48. The average Bonchev–Trinajstić information content (AvgIpc) is 2.72. The number of amides is 1. The maximum Gasteiger partial charge on any atom is 0.342 e. The van der Waals surface area contributed by atoms with Crippen LogP contribution in [-0.2, 0) is 16.0 Å². The largest absolute Gasteiger partial charge is 0.497 e. The van der Waals surface area contributed by atoms with E-state index in [0.29, 0.717) is 11.5 Å². The van der Waals surface area contributed by atoms with E-state index < -0.39 is 12.1 Å². The van der Waals surface area contributed by atoms with Crippen LogP contribution < -0.4 is 14.8 Å². The number of rotatable bonds is 9. The summed E-state index contributed by atoms with van der Waals surface area (Å²) in [6.07, 6.45) is 0.737. The summed E-state index contributed by atoms with van der Waals surface area (Å²) in [5, 5.41) is 2.89. The van der Waals surface area contributed by atoms with E-state index in [-0.39, 0.29) is 17.5 Å². The van der Waals surface area contributed by atoms with Crippen molar-refractivity contribution in [2.45, 2.75) is 38.8 Å². The minimum Gasteiger partial charge on any atom is -0.497 e. The maximum absolute atomic E-state index is 12.4. The van der Waals surface area contributed by atoms with E-state index in [4.69, 9.17) is 14.2 Å². The van der Waals surface area contributed by atoms with E-state index >= 15 is 0 Å². The third kappa shape index (κ3) is 6.01. The number of methoxy groups -OCH3 is 2. The summed E-state index contributed by atoms with van der Waals surface area (Å²) in [5.41, 5.74) is 1.45. The Morgan fingerprint density at radius 2 is 1.71 bits per heavy atom. The molecule has 0 aliphatic carbocycles. The summed E-state index contributed by atoms with van der Waals surface area (Å²) in [7, 11) is 2.98. The molecule has 0 heterocycles. The van der Waals surface area contributed by atoms with Crippen molar-refractivity contribution in [3.8, 4) is 11.5 Å². The summed E-state index contributed by atoms with van der Waals surface area (Å²) < 4.78 is 15.6. The quantitative estimate of drug-likeness (QED) is 0.670. The van der Waals surface area contributed by atoms with Crippen molar-refractivity contribution in [2.24, 2.45) is 0 Å². The van der Waals surface area contributed by atoms with Crippen LogP contribution in [-0.4, -0.2) is 38.2 Å². The monoisotopic (exact) mass is 385 g/mol. The minimum atomic E-state index is -0.918. The van der Waals surface area contributed by atoms with Gasteiger partial charge in [-0.1, -0.05) is 30.3 Å². The molecule has 28 heavy (non-hydrogen) atoms. The number of ether oxygens (including phenoxy) is 3. The van der Waals surface area contributed by atoms with Crippen molar-refractivity contribution in [3.63, 3.8) is 0 Å². The van der Waals surface area contributed by atoms with Gasteiger partial charge in [-0.3, -0.25) is 4.79 Å². The van der Waals surface area contributed by atoms with Gasteiger partial charge in [-0.05, 0) is 44.4 Å². The SMILES string of the molecule is COc1ccc(C(=O)O[C@@H](C)C(=O)N[C@H](C)CCc2ccccc2)c(OC)c1. The van der Waals surface area contributed by atoms with Crippen LogP contribution >= 0.6 is 0 Å². The molecule has 0 aliphatic heterocycles. The van der Waals surface area contributed by atoms with Crippen LogP contribution in [0, 0.1) is 0 Å². The molecule has 1 amide bonds. The predicted molar refractivity (Wildman–Crippen MR) is 107 cm³/mol. The van der Waals surface area contributed by atoms with Gasteiger partial charge in [0.2, 0.25) is 0 Å². The first-order valence-corrected chi connectivity index (χ1v) is 9.22. The molecule has 0 aliphatic rings. The molecule has 2 atom stereocenters. The second-order valence-electron chi connectivity index (χ2n) is 6.55. The molecule has 0 saturated carbocycles. The Kier molecular flexibility index (Phi) is 7.87. The van der Waals surface area contributed by atoms with Crippen LogP contribution in [0.4, 0.5) is 0 Å². The Bertz CT molecular complexity index is 791. The van der Waals surface area contributed by atoms with Gasteiger partial charge in [0.05, 0.1) is 14.2 Å². The third-order valence-corrected chi connectivity index (χ3v) is 4.38. The summed E-state index contributed by atoms with van der Waals surface area (Å²) in [5.74, 6) is -0.0694. The molecule has 150 valence electrons. The van der Waals surface area contributed by atoms with E-state index in [1.54, 1.807) is 25.1 Å². The van der Waals surface area contributed by atoms with E-state index in [0.717, 1.165) is 12.8 Å². The van der Waals surface area contributed by atoms with Gasteiger partial charge in [-0.15, -0.1) is 0 Å². The molecular weight excluding hydrogens is 358 g/mol. The third-order valence-electron chi connectivity index (χ3n) is 4.38. The molecule has 2 aromatic carbocycles. The highest BCUT2D eigenvalue weighted by Crippen LogP contribution is 2.25. The fourth-order valence-electron chi connectivity index (χ4n) is 2.70. The molecule has 0 bridgehead atoms. The van der Waals surface area contributed by atoms with Crippen LogP contribution in [0.1, 0.15) is 36.2 Å². The second kappa shape index (κ2) is 10.3. The molecule has 1 N–H and O–H groups in total. The van der Waals surface area contributed by atoms with Gasteiger partial charge in [-0.2, -0.15) is 0 Å². The first kappa shape index (κ1) is 21.3. The summed E-state index contributed by atoms with van der Waals surface area (Å²) in [6, 6.07) is 14.8. The topological polar surface area (TPSA) is 73.9 Å². The van der Waals surface area contributed by atoms with Crippen LogP contribution in [0.25, 0.3) is 0 Å². The fourth-order valence-corrected chi connectivity index (χ4v) is 2.70. The van der Waals surface area contributed by atoms with Crippen molar-refractivity contribution in [3.05, 3.63) is 59.7 Å². The van der Waals surface area contributed by atoms with E-state index in [2.05, 4.69) is 17.4 Å². The molecule has 0 radical (unpaired) electrons. The number of hydrogen-bond acceptors (Lipinski definition) is 5. The minimum absolute atomic E-state index is 0.0376. The molecule has 0 unspecified atom stereocenters. The molecule has 2 rings (SSSR count). The van der Waals surface area contributed by atoms with Crippen LogP contribution in [0.3, 0.4) is 0 Å². The maximum atomic E-state index is 12.4. The van der Waals surface area contributed by atoms with Gasteiger partial charge in [0.15, 0.2) is 6.10 Å². The van der Waals surface area contributed by atoms with Crippen molar-refractivity contribution < 1.29 is 23.8 Å². The second-order valence-corrected chi connectivity index (χ2v) is 6.55. The number of carbonyl (C=O) groups is 2. The lowest BCUT2D eigenvalue weighted by Gasteiger charge is -2.18. The normalized spacial score (nSPS) is 12.6. The molecule has 0 saturated heterocycles. The zero-order valence-electron chi connectivity index (χ0n) is 16.7. The average molecular weight is 385 g/mol. The van der Waals surface area contributed by atoms with Gasteiger partial charge in [0.25, 0.3) is 5.91 Å². The summed E-state index contributed by atoms with van der Waals surface area (Å²) >= 11 is 0. The lowest BCUT2D eigenvalue weighted by Crippen LogP contribution is -2.41. The molecule has 2 aromatic rings. The highest BCUT2D eigenvalue weighted by Gasteiger charge is 2.22. The van der Waals surface area contributed by atoms with Crippen molar-refractivity contribution in [1.82, 2.24) is 5.32 Å². The first-order chi connectivity index (χ1) is 13.4. The van der Waals surface area contributed by atoms with Gasteiger partial charge in [-0.25, -0.2) is 4.79 Å². The highest BCUT2D eigenvalue weighted by molar-refractivity contribution is 5.94. The van der Waals surface area contributed by atoms with Crippen LogP contribution in [0.15, 0.2) is 48.5 Å². The van der Waals surface area contributed by atoms with Gasteiger partial charge < -0.3 is 19.5 Å². The lowest BCUT2D eigenvalue weighted by atomic mass is 10.1. The number of nitrogens with one attached hydrogen (secondary N) is 1. The number of carbonyl (C=O) groups excluding carboxylic acids is 2. The summed E-state index contributed by atoms with van der Waals surface area (Å²) in [4.78, 5) is 24.8. The number of benzene rings is 2. The molecule has 6 nitrogen and oxygen atoms in total. The van der Waals surface area contributed by atoms with Crippen molar-refractivity contribution in [1.29, 1.82) is 0 Å². The Morgan fingerprint density at radius 1 is 1.00 bits per heavy atom. The molecule has 0 fully saturated rings. The van der Waals surface area contributed by atoms with Gasteiger partial charge in [0, 0.05) is 12.1 Å². The van der Waals surface area contributed by atoms with Gasteiger partial charge >= 0.3 is 5.97 Å². The standard InChI is InChI=1S/C22H27NO5/c1-15(10-11-17-8-6-5-7-9-17)23-21(24)16(2)28-22(25)19-13-12-18(26-3)14-20(19)27-4/h5-9,12-16H,10-11H2,1-4H3,(H,23,24)/t15-,16+/m1/s1. The first-order valence-electron chi connectivity index (χ1n) is 9.22. The van der Waals surface area contributed by atoms with Crippen molar-refractivity contribution >= 4 is 11.9 Å². The molecule has 0 spiro atoms. The Labute approximate surface area is 165 Å². The smallest absolute Gasteiger partial charge is 0.342 e. The van der Waals surface area contributed by atoms with Crippen LogP contribution in [0.2, 0.25) is 0 Å². The van der Waals surface area contributed by atoms with E-state index in [1.807, 2.05) is 25.1 Å². The number of aryl methyl sites for hydroxylation is 1. The zero-order chi connectivity index (χ0) is 20.5. The van der Waals surface area contributed by atoms with Crippen molar-refractivity contribution in [2.75, 3.05) is 14.2 Å². The lowest BCUT2D eigenvalue weighted by molar-refractivity contribution is -0.129.